The van der Waals surface area contributed by atoms with E-state index in [0.29, 0.717) is 48.1 Å². The van der Waals surface area contributed by atoms with Gasteiger partial charge in [0.2, 0.25) is 15.9 Å². The highest BCUT2D eigenvalue weighted by Gasteiger charge is 2.33. The van der Waals surface area contributed by atoms with E-state index in [1.165, 1.54) is 4.31 Å². The van der Waals surface area contributed by atoms with E-state index in [4.69, 9.17) is 27.9 Å². The average molecular weight is 499 g/mol. The molecule has 1 aliphatic rings. The van der Waals surface area contributed by atoms with Gasteiger partial charge in [0.05, 0.1) is 18.2 Å². The first-order chi connectivity index (χ1) is 15.2. The van der Waals surface area contributed by atoms with Gasteiger partial charge in [0, 0.05) is 28.7 Å². The zero-order valence-electron chi connectivity index (χ0n) is 18.2. The van der Waals surface area contributed by atoms with Crippen molar-refractivity contribution in [1.29, 1.82) is 0 Å². The molecular formula is C23H28Cl2N2O4S. The van der Waals surface area contributed by atoms with Crippen LogP contribution in [-0.4, -0.2) is 44.9 Å². The second kappa shape index (κ2) is 10.9. The van der Waals surface area contributed by atoms with E-state index in [0.717, 1.165) is 16.9 Å². The van der Waals surface area contributed by atoms with Crippen LogP contribution in [0.2, 0.25) is 10.0 Å². The van der Waals surface area contributed by atoms with Crippen LogP contribution in [0.5, 0.6) is 5.75 Å². The monoisotopic (exact) mass is 498 g/mol. The summed E-state index contributed by atoms with van der Waals surface area (Å²) in [4.78, 5) is 12.6. The molecule has 174 valence electrons. The number of nitrogens with one attached hydrogen (secondary N) is 1. The maximum atomic E-state index is 13.0. The van der Waals surface area contributed by atoms with Crippen molar-refractivity contribution in [2.75, 3.05) is 26.2 Å². The van der Waals surface area contributed by atoms with E-state index in [-0.39, 0.29) is 18.2 Å². The smallest absolute Gasteiger partial charge is 0.224 e. The molecule has 0 spiro atoms. The van der Waals surface area contributed by atoms with Crippen LogP contribution in [-0.2, 0) is 20.6 Å². The molecule has 1 fully saturated rings. The maximum absolute atomic E-state index is 13.0. The topological polar surface area (TPSA) is 75.7 Å². The van der Waals surface area contributed by atoms with Gasteiger partial charge in [0.15, 0.2) is 0 Å². The number of halogens is 2. The number of amides is 1. The summed E-state index contributed by atoms with van der Waals surface area (Å²) in [5.41, 5.74) is 2.52. The lowest BCUT2D eigenvalue weighted by Gasteiger charge is -2.31. The summed E-state index contributed by atoms with van der Waals surface area (Å²) in [5, 5.41) is 3.50. The quantitative estimate of drug-likeness (QED) is 0.549. The van der Waals surface area contributed by atoms with Crippen molar-refractivity contribution < 1.29 is 17.9 Å². The molecule has 32 heavy (non-hydrogen) atoms. The Morgan fingerprint density at radius 1 is 1.19 bits per heavy atom. The SMILES string of the molecule is Cc1ccc(C)c(OCCNC(=O)C2CCCN(S(=O)(=O)Cc3c(Cl)cccc3Cl)C2)c1. The van der Waals surface area contributed by atoms with Crippen LogP contribution < -0.4 is 10.1 Å². The van der Waals surface area contributed by atoms with Crippen molar-refractivity contribution in [3.05, 3.63) is 63.1 Å². The summed E-state index contributed by atoms with van der Waals surface area (Å²) >= 11 is 12.3. The summed E-state index contributed by atoms with van der Waals surface area (Å²) in [7, 11) is -3.66. The number of carbonyl (C=O) groups is 1. The Morgan fingerprint density at radius 2 is 1.91 bits per heavy atom. The third-order valence-electron chi connectivity index (χ3n) is 5.54. The number of piperidine rings is 1. The highest BCUT2D eigenvalue weighted by Crippen LogP contribution is 2.29. The standard InChI is InChI=1S/C23H28Cl2N2O4S/c1-16-8-9-17(2)22(13-16)31-12-10-26-23(28)18-5-4-11-27(14-18)32(29,30)15-19-20(24)6-3-7-21(19)25/h3,6-9,13,18H,4-5,10-12,14-15H2,1-2H3,(H,26,28). The number of ether oxygens (including phenoxy) is 1. The summed E-state index contributed by atoms with van der Waals surface area (Å²) in [5.74, 6) is -0.0533. The molecule has 1 atom stereocenters. The molecule has 2 aromatic carbocycles. The first-order valence-electron chi connectivity index (χ1n) is 10.6. The van der Waals surface area contributed by atoms with Crippen molar-refractivity contribution >= 4 is 39.1 Å². The maximum Gasteiger partial charge on any atom is 0.224 e. The van der Waals surface area contributed by atoms with Crippen molar-refractivity contribution in [2.45, 2.75) is 32.4 Å². The molecule has 6 nitrogen and oxygen atoms in total. The lowest BCUT2D eigenvalue weighted by Crippen LogP contribution is -2.46. The number of hydrogen-bond acceptors (Lipinski definition) is 4. The Morgan fingerprint density at radius 3 is 2.62 bits per heavy atom. The Hall–Kier alpha value is -1.80. The lowest BCUT2D eigenvalue weighted by molar-refractivity contribution is -0.126. The van der Waals surface area contributed by atoms with Crippen LogP contribution in [0.15, 0.2) is 36.4 Å². The molecule has 0 aromatic heterocycles. The molecule has 0 aliphatic carbocycles. The van der Waals surface area contributed by atoms with E-state index < -0.39 is 15.9 Å². The van der Waals surface area contributed by atoms with Gasteiger partial charge < -0.3 is 10.1 Å². The molecule has 1 heterocycles. The predicted octanol–water partition coefficient (Wildman–Crippen LogP) is 4.35. The van der Waals surface area contributed by atoms with Crippen LogP contribution in [0.1, 0.15) is 29.5 Å². The first kappa shape index (κ1) is 24.8. The van der Waals surface area contributed by atoms with Crippen LogP contribution >= 0.6 is 23.2 Å². The van der Waals surface area contributed by atoms with Gasteiger partial charge in [-0.1, -0.05) is 41.4 Å². The molecule has 1 amide bonds. The lowest BCUT2D eigenvalue weighted by atomic mass is 9.99. The molecule has 0 bridgehead atoms. The Balaban J connectivity index is 1.53. The van der Waals surface area contributed by atoms with Crippen LogP contribution in [0.3, 0.4) is 0 Å². The highest BCUT2D eigenvalue weighted by molar-refractivity contribution is 7.88. The first-order valence-corrected chi connectivity index (χ1v) is 12.9. The van der Waals surface area contributed by atoms with Gasteiger partial charge in [-0.2, -0.15) is 0 Å². The molecule has 1 unspecified atom stereocenters. The van der Waals surface area contributed by atoms with Gasteiger partial charge in [-0.3, -0.25) is 4.79 Å². The minimum atomic E-state index is -3.66. The summed E-state index contributed by atoms with van der Waals surface area (Å²) < 4.78 is 33.1. The van der Waals surface area contributed by atoms with Crippen LogP contribution in [0.25, 0.3) is 0 Å². The molecule has 2 aromatic rings. The molecule has 3 rings (SSSR count). The molecule has 0 radical (unpaired) electrons. The van der Waals surface area contributed by atoms with Gasteiger partial charge in [0.1, 0.15) is 12.4 Å². The summed E-state index contributed by atoms with van der Waals surface area (Å²) in [6, 6.07) is 10.9. The summed E-state index contributed by atoms with van der Waals surface area (Å²) in [6.07, 6.45) is 1.26. The minimum Gasteiger partial charge on any atom is -0.491 e. The normalized spacial score (nSPS) is 17.2. The number of aryl methyl sites for hydroxylation is 2. The zero-order chi connectivity index (χ0) is 23.3. The Kier molecular flexibility index (Phi) is 8.44. The van der Waals surface area contributed by atoms with Crippen LogP contribution in [0.4, 0.5) is 0 Å². The Labute approximate surface area is 199 Å². The predicted molar refractivity (Wildman–Crippen MR) is 128 cm³/mol. The van der Waals surface area contributed by atoms with Crippen molar-refractivity contribution in [2.24, 2.45) is 5.92 Å². The van der Waals surface area contributed by atoms with E-state index >= 15 is 0 Å². The highest BCUT2D eigenvalue weighted by atomic mass is 35.5. The zero-order valence-corrected chi connectivity index (χ0v) is 20.6. The average Bonchev–Trinajstić information content (AvgIpc) is 2.76. The second-order valence-corrected chi connectivity index (χ2v) is 10.8. The number of rotatable bonds is 8. The third-order valence-corrected chi connectivity index (χ3v) is 8.02. The third kappa shape index (κ3) is 6.38. The fraction of sp³-hybridized carbons (Fsp3) is 0.435. The van der Waals surface area contributed by atoms with Gasteiger partial charge in [0.25, 0.3) is 0 Å². The fourth-order valence-corrected chi connectivity index (χ4v) is 6.06. The van der Waals surface area contributed by atoms with Gasteiger partial charge >= 0.3 is 0 Å². The largest absolute Gasteiger partial charge is 0.491 e. The number of sulfonamides is 1. The number of hydrogen-bond donors (Lipinski definition) is 1. The van der Waals surface area contributed by atoms with Crippen molar-refractivity contribution in [3.63, 3.8) is 0 Å². The number of benzene rings is 2. The van der Waals surface area contributed by atoms with Crippen molar-refractivity contribution in [3.8, 4) is 5.75 Å². The second-order valence-electron chi connectivity index (χ2n) is 8.06. The molecule has 9 heteroatoms. The van der Waals surface area contributed by atoms with Gasteiger partial charge in [-0.25, -0.2) is 12.7 Å². The molecule has 1 saturated heterocycles. The molecular weight excluding hydrogens is 471 g/mol. The number of carbonyl (C=O) groups excluding carboxylic acids is 1. The van der Waals surface area contributed by atoms with E-state index in [2.05, 4.69) is 5.32 Å². The summed E-state index contributed by atoms with van der Waals surface area (Å²) in [6.45, 7) is 5.19. The van der Waals surface area contributed by atoms with E-state index in [9.17, 15) is 13.2 Å². The van der Waals surface area contributed by atoms with Gasteiger partial charge in [-0.15, -0.1) is 0 Å². The van der Waals surface area contributed by atoms with E-state index in [1.807, 2.05) is 32.0 Å². The number of nitrogens with zero attached hydrogens (tertiary/aromatic N) is 1. The Bertz CT molecular complexity index is 1060. The van der Waals surface area contributed by atoms with Gasteiger partial charge in [-0.05, 0) is 56.0 Å². The minimum absolute atomic E-state index is 0.147. The van der Waals surface area contributed by atoms with Crippen LogP contribution in [0, 0.1) is 19.8 Å². The fourth-order valence-electron chi connectivity index (χ4n) is 3.70. The molecule has 0 saturated carbocycles. The molecule has 1 N–H and O–H groups in total. The van der Waals surface area contributed by atoms with E-state index in [1.54, 1.807) is 18.2 Å². The van der Waals surface area contributed by atoms with Crippen molar-refractivity contribution in [1.82, 2.24) is 9.62 Å². The molecule has 1 aliphatic heterocycles.